The van der Waals surface area contributed by atoms with Gasteiger partial charge in [-0.15, -0.1) is 11.3 Å². The predicted molar refractivity (Wildman–Crippen MR) is 244 cm³/mol. The van der Waals surface area contributed by atoms with E-state index in [1.54, 1.807) is 0 Å². The van der Waals surface area contributed by atoms with Crippen LogP contribution in [0, 0.1) is 0 Å². The number of hydrogen-bond donors (Lipinski definition) is 0. The number of nitrogens with zero attached hydrogens (tertiary/aromatic N) is 2. The molecular weight excluding hydrogens is 709 g/mol. The monoisotopic (exact) mass is 742 g/mol. The minimum absolute atomic E-state index is 1.15. The molecule has 0 amide bonds. The molecule has 0 fully saturated rings. The van der Waals surface area contributed by atoms with Gasteiger partial charge in [0.15, 0.2) is 0 Å². The zero-order chi connectivity index (χ0) is 37.5. The lowest BCUT2D eigenvalue weighted by atomic mass is 9.97. The van der Waals surface area contributed by atoms with Crippen molar-refractivity contribution in [3.8, 4) is 44.8 Å². The second kappa shape index (κ2) is 12.7. The van der Waals surface area contributed by atoms with Gasteiger partial charge in [-0.2, -0.15) is 0 Å². The number of hydrogen-bond acceptors (Lipinski definition) is 1. The molecule has 12 rings (SSSR count). The van der Waals surface area contributed by atoms with Crippen molar-refractivity contribution in [1.29, 1.82) is 0 Å². The molecule has 2 nitrogen and oxygen atoms in total. The van der Waals surface area contributed by atoms with Gasteiger partial charge in [-0.3, -0.25) is 0 Å². The standard InChI is InChI=1S/C54H34N2S/c1-3-14-35(15-4-1)37-18-11-19-40(32-37)55-49-31-29-39(34-46(49)53-41(22-12-25-50(53)55)36-16-5-2-6-17-36)38-28-30-48-45(33-38)42-20-7-9-24-47(42)56(48)51-26-13-23-44-43-21-8-10-27-52(43)57-54(44)51/h1-34H. The fourth-order valence-corrected chi connectivity index (χ4v) is 10.4. The number of rotatable bonds is 5. The molecule has 0 aliphatic heterocycles. The summed E-state index contributed by atoms with van der Waals surface area (Å²) in [5.41, 5.74) is 14.5. The maximum absolute atomic E-state index is 2.47. The Hall–Kier alpha value is -7.20. The molecule has 0 aliphatic carbocycles. The minimum atomic E-state index is 1.15. The van der Waals surface area contributed by atoms with E-state index in [1.165, 1.54) is 103 Å². The Morgan fingerprint density at radius 2 is 0.895 bits per heavy atom. The second-order valence-electron chi connectivity index (χ2n) is 14.9. The maximum atomic E-state index is 2.47. The fraction of sp³-hybridized carbons (Fsp3) is 0. The van der Waals surface area contributed by atoms with E-state index in [0.717, 1.165) is 5.69 Å². The second-order valence-corrected chi connectivity index (χ2v) is 15.9. The Morgan fingerprint density at radius 1 is 0.316 bits per heavy atom. The van der Waals surface area contributed by atoms with E-state index >= 15 is 0 Å². The Kier molecular flexibility index (Phi) is 7.13. The highest BCUT2D eigenvalue weighted by Gasteiger charge is 2.20. The van der Waals surface area contributed by atoms with Crippen molar-refractivity contribution in [1.82, 2.24) is 9.13 Å². The third-order valence-corrected chi connectivity index (χ3v) is 12.9. The van der Waals surface area contributed by atoms with Gasteiger partial charge in [0, 0.05) is 42.7 Å². The summed E-state index contributed by atoms with van der Waals surface area (Å²) in [5, 5.41) is 7.65. The molecule has 0 saturated carbocycles. The van der Waals surface area contributed by atoms with E-state index in [9.17, 15) is 0 Å². The average molecular weight is 743 g/mol. The Balaban J connectivity index is 1.08. The van der Waals surface area contributed by atoms with Gasteiger partial charge in [0.1, 0.15) is 0 Å². The molecule has 57 heavy (non-hydrogen) atoms. The molecular formula is C54H34N2S. The SMILES string of the molecule is c1ccc(-c2cccc(-n3c4ccc(-c5ccc6c(c5)c5ccccc5n6-c5cccc6c5sc5ccccc56)cc4c4c(-c5ccccc5)cccc43)c2)cc1. The number of para-hydroxylation sites is 1. The largest absolute Gasteiger partial charge is 0.309 e. The van der Waals surface area contributed by atoms with Crippen molar-refractivity contribution in [3.63, 3.8) is 0 Å². The van der Waals surface area contributed by atoms with E-state index in [1.807, 2.05) is 11.3 Å². The van der Waals surface area contributed by atoms with Crippen LogP contribution in [0.2, 0.25) is 0 Å². The van der Waals surface area contributed by atoms with Crippen LogP contribution in [0.3, 0.4) is 0 Å². The molecule has 3 heterocycles. The first-order chi connectivity index (χ1) is 28.3. The quantitative estimate of drug-likeness (QED) is 0.166. The predicted octanol–water partition coefficient (Wildman–Crippen LogP) is 15.2. The third-order valence-electron chi connectivity index (χ3n) is 11.7. The Bertz CT molecular complexity index is 3510. The number of benzene rings is 9. The fourth-order valence-electron chi connectivity index (χ4n) is 9.16. The first kappa shape index (κ1) is 32.1. The summed E-state index contributed by atoms with van der Waals surface area (Å²) in [6, 6.07) is 75.6. The summed E-state index contributed by atoms with van der Waals surface area (Å²) in [4.78, 5) is 0. The first-order valence-electron chi connectivity index (χ1n) is 19.5. The molecule has 0 spiro atoms. The first-order valence-corrected chi connectivity index (χ1v) is 20.3. The smallest absolute Gasteiger partial charge is 0.0640 e. The van der Waals surface area contributed by atoms with Crippen molar-refractivity contribution in [3.05, 3.63) is 206 Å². The van der Waals surface area contributed by atoms with Gasteiger partial charge in [0.25, 0.3) is 0 Å². The van der Waals surface area contributed by atoms with Crippen LogP contribution in [0.4, 0.5) is 0 Å². The minimum Gasteiger partial charge on any atom is -0.309 e. The highest BCUT2D eigenvalue weighted by molar-refractivity contribution is 7.26. The summed E-state index contributed by atoms with van der Waals surface area (Å²) < 4.78 is 7.55. The molecule has 3 heteroatoms. The van der Waals surface area contributed by atoms with Crippen LogP contribution in [0.1, 0.15) is 0 Å². The number of fused-ring (bicyclic) bond motifs is 9. The lowest BCUT2D eigenvalue weighted by molar-refractivity contribution is 1.18. The molecule has 3 aromatic heterocycles. The number of aromatic nitrogens is 2. The van der Waals surface area contributed by atoms with Gasteiger partial charge in [-0.1, -0.05) is 146 Å². The molecule has 0 saturated heterocycles. The summed E-state index contributed by atoms with van der Waals surface area (Å²) in [6.45, 7) is 0. The van der Waals surface area contributed by atoms with Crippen molar-refractivity contribution < 1.29 is 0 Å². The van der Waals surface area contributed by atoms with E-state index in [0.29, 0.717) is 0 Å². The summed E-state index contributed by atoms with van der Waals surface area (Å²) in [5.74, 6) is 0. The zero-order valence-corrected chi connectivity index (χ0v) is 31.7. The molecule has 0 atom stereocenters. The highest BCUT2D eigenvalue weighted by atomic mass is 32.1. The average Bonchev–Trinajstić information content (AvgIpc) is 3.94. The van der Waals surface area contributed by atoms with Crippen molar-refractivity contribution in [2.45, 2.75) is 0 Å². The summed E-state index contributed by atoms with van der Waals surface area (Å²) in [6.07, 6.45) is 0. The van der Waals surface area contributed by atoms with E-state index < -0.39 is 0 Å². The van der Waals surface area contributed by atoms with Crippen LogP contribution < -0.4 is 0 Å². The Morgan fingerprint density at radius 3 is 1.72 bits per heavy atom. The van der Waals surface area contributed by atoms with Crippen LogP contribution >= 0.6 is 11.3 Å². The molecule has 12 aromatic rings. The van der Waals surface area contributed by atoms with Crippen molar-refractivity contribution >= 4 is 75.1 Å². The molecule has 9 aromatic carbocycles. The molecule has 0 aliphatic rings. The number of thiophene rings is 1. The van der Waals surface area contributed by atoms with Crippen molar-refractivity contribution in [2.24, 2.45) is 0 Å². The summed E-state index contributed by atoms with van der Waals surface area (Å²) in [7, 11) is 0. The highest BCUT2D eigenvalue weighted by Crippen LogP contribution is 2.44. The maximum Gasteiger partial charge on any atom is 0.0640 e. The van der Waals surface area contributed by atoms with Gasteiger partial charge in [-0.25, -0.2) is 0 Å². The van der Waals surface area contributed by atoms with Crippen molar-refractivity contribution in [2.75, 3.05) is 0 Å². The molecule has 0 N–H and O–H groups in total. The Labute approximate surface area is 333 Å². The lowest BCUT2D eigenvalue weighted by Gasteiger charge is -2.11. The topological polar surface area (TPSA) is 9.86 Å². The van der Waals surface area contributed by atoms with Crippen LogP contribution in [-0.2, 0) is 0 Å². The molecule has 266 valence electrons. The van der Waals surface area contributed by atoms with Gasteiger partial charge in [0.05, 0.1) is 32.5 Å². The third kappa shape index (κ3) is 4.96. The lowest BCUT2D eigenvalue weighted by Crippen LogP contribution is -1.94. The van der Waals surface area contributed by atoms with E-state index in [4.69, 9.17) is 0 Å². The zero-order valence-electron chi connectivity index (χ0n) is 30.9. The molecule has 0 unspecified atom stereocenters. The van der Waals surface area contributed by atoms with Gasteiger partial charge in [-0.05, 0) is 94.0 Å². The van der Waals surface area contributed by atoms with Gasteiger partial charge in [0.2, 0.25) is 0 Å². The van der Waals surface area contributed by atoms with E-state index in [-0.39, 0.29) is 0 Å². The van der Waals surface area contributed by atoms with E-state index in [2.05, 4.69) is 215 Å². The van der Waals surface area contributed by atoms with Crippen LogP contribution in [-0.4, -0.2) is 9.13 Å². The normalized spacial score (nSPS) is 11.9. The van der Waals surface area contributed by atoms with Crippen LogP contribution in [0.15, 0.2) is 206 Å². The van der Waals surface area contributed by atoms with Crippen LogP contribution in [0.25, 0.3) is 109 Å². The van der Waals surface area contributed by atoms with Gasteiger partial charge < -0.3 is 9.13 Å². The molecule has 0 radical (unpaired) electrons. The van der Waals surface area contributed by atoms with Gasteiger partial charge >= 0.3 is 0 Å². The summed E-state index contributed by atoms with van der Waals surface area (Å²) >= 11 is 1.88. The van der Waals surface area contributed by atoms with Crippen LogP contribution in [0.5, 0.6) is 0 Å². The molecule has 0 bridgehead atoms.